The Labute approximate surface area is 229 Å². The van der Waals surface area contributed by atoms with Crippen LogP contribution in [-0.2, 0) is 16.8 Å². The van der Waals surface area contributed by atoms with E-state index in [-0.39, 0.29) is 34.4 Å². The van der Waals surface area contributed by atoms with Crippen molar-refractivity contribution in [3.05, 3.63) is 53.9 Å². The Morgan fingerprint density at radius 3 is 2.64 bits per heavy atom. The third-order valence-electron chi connectivity index (χ3n) is 8.71. The third-order valence-corrected chi connectivity index (χ3v) is 8.71. The van der Waals surface area contributed by atoms with Gasteiger partial charge in [0.05, 0.1) is 16.7 Å². The maximum atomic E-state index is 13.3. The number of nitrogens with zero attached hydrogens (tertiary/aromatic N) is 5. The van der Waals surface area contributed by atoms with Crippen molar-refractivity contribution in [2.75, 3.05) is 31.5 Å². The van der Waals surface area contributed by atoms with E-state index in [0.717, 1.165) is 68.7 Å². The molecule has 2 amide bonds. The first-order valence-electron chi connectivity index (χ1n) is 14.1. The highest BCUT2D eigenvalue weighted by Gasteiger charge is 2.50. The molecule has 0 unspecified atom stereocenters. The number of carbonyl (C=O) groups excluding carboxylic acids is 2. The molecule has 9 heteroatoms. The fourth-order valence-electron chi connectivity index (χ4n) is 6.51. The number of anilines is 1. The average molecular weight is 531 g/mol. The zero-order valence-corrected chi connectivity index (χ0v) is 23.2. The zero-order valence-electron chi connectivity index (χ0n) is 23.2. The van der Waals surface area contributed by atoms with Gasteiger partial charge in [-0.25, -0.2) is 4.98 Å². The molecule has 206 valence electrons. The van der Waals surface area contributed by atoms with Crippen LogP contribution in [0.5, 0.6) is 0 Å². The summed E-state index contributed by atoms with van der Waals surface area (Å²) in [5, 5.41) is 7.14. The van der Waals surface area contributed by atoms with Gasteiger partial charge in [0.25, 0.3) is 5.91 Å². The number of amides is 2. The number of imidazole rings is 1. The Morgan fingerprint density at radius 2 is 1.95 bits per heavy atom. The highest BCUT2D eigenvalue weighted by atomic mass is 16.5. The Kier molecular flexibility index (Phi) is 6.37. The smallest absolute Gasteiger partial charge is 0.296 e. The number of hydrogen-bond donors (Lipinski definition) is 1. The maximum Gasteiger partial charge on any atom is 0.296 e. The number of carbonyl (C=O) groups is 2. The number of benzene rings is 1. The van der Waals surface area contributed by atoms with Gasteiger partial charge in [-0.2, -0.15) is 0 Å². The Hall–Kier alpha value is -3.46. The molecule has 2 aliphatic heterocycles. The summed E-state index contributed by atoms with van der Waals surface area (Å²) >= 11 is 0. The first-order chi connectivity index (χ1) is 18.6. The monoisotopic (exact) mass is 530 g/mol. The van der Waals surface area contributed by atoms with Crippen LogP contribution < -0.4 is 5.32 Å². The molecule has 3 aliphatic rings. The SMILES string of the molecule is C=CC(=O)N1CC[C@]2(C1)C[C@H](n1c(NC(=O)c3cc(C(C)(C)C)no3)nc3cc(CN4CCCC4)ccc31)C2. The van der Waals surface area contributed by atoms with Gasteiger partial charge in [0.2, 0.25) is 17.6 Å². The van der Waals surface area contributed by atoms with Gasteiger partial charge in [-0.05, 0) is 74.4 Å². The molecule has 0 bridgehead atoms. The molecule has 1 saturated carbocycles. The van der Waals surface area contributed by atoms with E-state index in [1.165, 1.54) is 24.5 Å². The van der Waals surface area contributed by atoms with Crippen LogP contribution in [0.25, 0.3) is 11.0 Å². The molecule has 39 heavy (non-hydrogen) atoms. The minimum absolute atomic E-state index is 0.00331. The molecule has 3 aromatic rings. The first kappa shape index (κ1) is 25.8. The number of aromatic nitrogens is 3. The lowest BCUT2D eigenvalue weighted by atomic mass is 9.64. The average Bonchev–Trinajstić information content (AvgIpc) is 3.67. The van der Waals surface area contributed by atoms with Crippen molar-refractivity contribution in [3.8, 4) is 0 Å². The standard InChI is InChI=1S/C30H38N6O3/c1-5-26(37)35-13-10-30(19-35)16-21(17-30)36-23-9-8-20(18-34-11-6-7-12-34)14-22(23)31-28(36)32-27(38)24-15-25(33-39-24)29(2,3)4/h5,8-9,14-15,21H,1,6-7,10-13,16-19H2,2-4H3,(H,31,32,38)/t21-,30-. The summed E-state index contributed by atoms with van der Waals surface area (Å²) in [6.45, 7) is 14.5. The summed E-state index contributed by atoms with van der Waals surface area (Å²) in [4.78, 5) is 34.7. The van der Waals surface area contributed by atoms with E-state index in [4.69, 9.17) is 9.51 Å². The second kappa shape index (κ2) is 9.62. The lowest BCUT2D eigenvalue weighted by Gasteiger charge is -2.46. The van der Waals surface area contributed by atoms with Crippen LogP contribution in [-0.4, -0.2) is 62.5 Å². The fourth-order valence-corrected chi connectivity index (χ4v) is 6.51. The molecular formula is C30H38N6O3. The molecule has 9 nitrogen and oxygen atoms in total. The van der Waals surface area contributed by atoms with E-state index < -0.39 is 0 Å². The van der Waals surface area contributed by atoms with Gasteiger partial charge in [0, 0.05) is 37.2 Å². The molecule has 2 saturated heterocycles. The predicted molar refractivity (Wildman–Crippen MR) is 149 cm³/mol. The Morgan fingerprint density at radius 1 is 1.18 bits per heavy atom. The van der Waals surface area contributed by atoms with Crippen molar-refractivity contribution in [1.29, 1.82) is 0 Å². The van der Waals surface area contributed by atoms with Crippen LogP contribution in [0.2, 0.25) is 0 Å². The van der Waals surface area contributed by atoms with Crippen molar-refractivity contribution >= 4 is 28.8 Å². The van der Waals surface area contributed by atoms with Gasteiger partial charge in [0.1, 0.15) is 0 Å². The van der Waals surface area contributed by atoms with Crippen LogP contribution in [0.4, 0.5) is 5.95 Å². The molecule has 1 aliphatic carbocycles. The van der Waals surface area contributed by atoms with E-state index in [2.05, 4.69) is 44.7 Å². The highest BCUT2D eigenvalue weighted by molar-refractivity contribution is 6.02. The Bertz CT molecular complexity index is 1420. The molecule has 3 fully saturated rings. The third kappa shape index (κ3) is 4.88. The van der Waals surface area contributed by atoms with Crippen LogP contribution in [0.1, 0.15) is 80.7 Å². The lowest BCUT2D eigenvalue weighted by Crippen LogP contribution is -2.42. The molecule has 1 aromatic carbocycles. The zero-order chi connectivity index (χ0) is 27.4. The quantitative estimate of drug-likeness (QED) is 0.455. The number of nitrogens with one attached hydrogen (secondary N) is 1. The van der Waals surface area contributed by atoms with E-state index in [1.54, 1.807) is 6.07 Å². The summed E-state index contributed by atoms with van der Waals surface area (Å²) in [6, 6.07) is 8.38. The number of hydrogen-bond acceptors (Lipinski definition) is 6. The van der Waals surface area contributed by atoms with Gasteiger partial charge < -0.3 is 14.0 Å². The molecule has 6 rings (SSSR count). The summed E-state index contributed by atoms with van der Waals surface area (Å²) < 4.78 is 7.58. The van der Waals surface area contributed by atoms with Gasteiger partial charge in [0.15, 0.2) is 0 Å². The number of fused-ring (bicyclic) bond motifs is 1. The molecule has 4 heterocycles. The molecule has 1 N–H and O–H groups in total. The molecule has 1 spiro atoms. The Balaban J connectivity index is 1.28. The van der Waals surface area contributed by atoms with Crippen LogP contribution >= 0.6 is 0 Å². The second-order valence-electron chi connectivity index (χ2n) is 12.7. The normalized spacial score (nSPS) is 23.5. The summed E-state index contributed by atoms with van der Waals surface area (Å²) in [5.41, 5.74) is 3.75. The van der Waals surface area contributed by atoms with Gasteiger partial charge in [-0.1, -0.05) is 38.6 Å². The predicted octanol–water partition coefficient (Wildman–Crippen LogP) is 4.91. The lowest BCUT2D eigenvalue weighted by molar-refractivity contribution is -0.125. The second-order valence-corrected chi connectivity index (χ2v) is 12.7. The minimum Gasteiger partial charge on any atom is -0.351 e. The summed E-state index contributed by atoms with van der Waals surface area (Å²) in [5.74, 6) is 0.347. The van der Waals surface area contributed by atoms with E-state index in [0.29, 0.717) is 5.95 Å². The van der Waals surface area contributed by atoms with Crippen LogP contribution in [0, 0.1) is 5.41 Å². The number of likely N-dealkylation sites (tertiary alicyclic amines) is 2. The van der Waals surface area contributed by atoms with Crippen molar-refractivity contribution < 1.29 is 14.1 Å². The number of rotatable bonds is 6. The van der Waals surface area contributed by atoms with Gasteiger partial charge >= 0.3 is 0 Å². The topological polar surface area (TPSA) is 96.5 Å². The van der Waals surface area contributed by atoms with Crippen molar-refractivity contribution in [2.24, 2.45) is 5.41 Å². The summed E-state index contributed by atoms with van der Waals surface area (Å²) in [6.07, 6.45) is 6.78. The van der Waals surface area contributed by atoms with Crippen molar-refractivity contribution in [3.63, 3.8) is 0 Å². The van der Waals surface area contributed by atoms with Crippen LogP contribution in [0.3, 0.4) is 0 Å². The van der Waals surface area contributed by atoms with E-state index >= 15 is 0 Å². The van der Waals surface area contributed by atoms with Crippen molar-refractivity contribution in [1.82, 2.24) is 24.5 Å². The van der Waals surface area contributed by atoms with Gasteiger partial charge in [-0.3, -0.25) is 19.8 Å². The van der Waals surface area contributed by atoms with E-state index in [9.17, 15) is 9.59 Å². The van der Waals surface area contributed by atoms with Crippen molar-refractivity contribution in [2.45, 2.75) is 70.9 Å². The summed E-state index contributed by atoms with van der Waals surface area (Å²) in [7, 11) is 0. The molecule has 2 aromatic heterocycles. The molecular weight excluding hydrogens is 492 g/mol. The van der Waals surface area contributed by atoms with Gasteiger partial charge in [-0.15, -0.1) is 0 Å². The fraction of sp³-hybridized carbons (Fsp3) is 0.533. The van der Waals surface area contributed by atoms with E-state index in [1.807, 2.05) is 25.7 Å². The van der Waals surface area contributed by atoms with Crippen LogP contribution in [0.15, 0.2) is 41.4 Å². The highest BCUT2D eigenvalue weighted by Crippen LogP contribution is 2.55. The largest absolute Gasteiger partial charge is 0.351 e. The molecule has 0 atom stereocenters. The minimum atomic E-state index is -0.357. The first-order valence-corrected chi connectivity index (χ1v) is 14.1. The molecule has 0 radical (unpaired) electrons. The maximum absolute atomic E-state index is 13.3.